The van der Waals surface area contributed by atoms with Crippen LogP contribution in [0.4, 0.5) is 0 Å². The number of fused-ring (bicyclic) bond motifs is 5. The number of ether oxygens (including phenoxy) is 1. The highest BCUT2D eigenvalue weighted by molar-refractivity contribution is 5.79. The molecule has 3 aliphatic rings. The van der Waals surface area contributed by atoms with E-state index in [4.69, 9.17) is 4.74 Å². The SMILES string of the molecule is COC(=O)C12CCCC1C1C=CC2C1. The molecule has 0 spiro atoms. The quantitative estimate of drug-likeness (QED) is 0.470. The van der Waals surface area contributed by atoms with Crippen LogP contribution in [0.2, 0.25) is 0 Å². The molecule has 2 heteroatoms. The van der Waals surface area contributed by atoms with Crippen LogP contribution in [0.15, 0.2) is 12.2 Å². The Balaban J connectivity index is 2.04. The Kier molecular flexibility index (Phi) is 1.59. The van der Waals surface area contributed by atoms with Gasteiger partial charge in [-0.2, -0.15) is 0 Å². The van der Waals surface area contributed by atoms with Crippen molar-refractivity contribution in [2.45, 2.75) is 25.7 Å². The fourth-order valence-electron chi connectivity index (χ4n) is 4.12. The van der Waals surface area contributed by atoms with Gasteiger partial charge in [-0.05, 0) is 37.0 Å². The van der Waals surface area contributed by atoms with Crippen molar-refractivity contribution in [2.75, 3.05) is 7.11 Å². The van der Waals surface area contributed by atoms with Crippen LogP contribution < -0.4 is 0 Å². The standard InChI is InChI=1S/C12H16O2/c1-14-11(13)12-6-2-3-10(12)8-4-5-9(12)7-8/h4-5,8-10H,2-3,6-7H2,1H3. The summed E-state index contributed by atoms with van der Waals surface area (Å²) < 4.78 is 5.02. The lowest BCUT2D eigenvalue weighted by Crippen LogP contribution is -2.39. The van der Waals surface area contributed by atoms with Crippen molar-refractivity contribution < 1.29 is 9.53 Å². The molecule has 2 bridgehead atoms. The Bertz CT molecular complexity index is 307. The fraction of sp³-hybridized carbons (Fsp3) is 0.750. The van der Waals surface area contributed by atoms with Crippen LogP contribution in [-0.2, 0) is 9.53 Å². The molecule has 0 amide bonds. The van der Waals surface area contributed by atoms with Gasteiger partial charge in [0.25, 0.3) is 0 Å². The van der Waals surface area contributed by atoms with Crippen LogP contribution in [0.5, 0.6) is 0 Å². The Morgan fingerprint density at radius 2 is 2.36 bits per heavy atom. The van der Waals surface area contributed by atoms with Crippen molar-refractivity contribution in [3.8, 4) is 0 Å². The number of hydrogen-bond acceptors (Lipinski definition) is 2. The Labute approximate surface area is 84.3 Å². The van der Waals surface area contributed by atoms with Gasteiger partial charge in [-0.15, -0.1) is 0 Å². The Morgan fingerprint density at radius 3 is 3.14 bits per heavy atom. The number of allylic oxidation sites excluding steroid dienone is 2. The first-order chi connectivity index (χ1) is 6.79. The van der Waals surface area contributed by atoms with E-state index in [-0.39, 0.29) is 11.4 Å². The van der Waals surface area contributed by atoms with Gasteiger partial charge >= 0.3 is 5.97 Å². The van der Waals surface area contributed by atoms with Gasteiger partial charge in [0.15, 0.2) is 0 Å². The van der Waals surface area contributed by atoms with Gasteiger partial charge < -0.3 is 4.74 Å². The van der Waals surface area contributed by atoms with Gasteiger partial charge in [0.1, 0.15) is 0 Å². The zero-order chi connectivity index (χ0) is 9.76. The molecule has 3 rings (SSSR count). The van der Waals surface area contributed by atoms with E-state index in [9.17, 15) is 4.79 Å². The van der Waals surface area contributed by atoms with Crippen molar-refractivity contribution in [2.24, 2.45) is 23.2 Å². The first-order valence-corrected chi connectivity index (χ1v) is 5.56. The van der Waals surface area contributed by atoms with Crippen molar-refractivity contribution >= 4 is 5.97 Å². The molecule has 3 aliphatic carbocycles. The molecule has 2 saturated carbocycles. The molecule has 0 aromatic rings. The molecule has 0 saturated heterocycles. The van der Waals surface area contributed by atoms with Crippen LogP contribution >= 0.6 is 0 Å². The molecule has 0 aliphatic heterocycles. The largest absolute Gasteiger partial charge is 0.469 e. The molecule has 76 valence electrons. The smallest absolute Gasteiger partial charge is 0.312 e. The van der Waals surface area contributed by atoms with Crippen LogP contribution in [0, 0.1) is 23.2 Å². The van der Waals surface area contributed by atoms with E-state index < -0.39 is 0 Å². The molecule has 0 aromatic heterocycles. The summed E-state index contributed by atoms with van der Waals surface area (Å²) >= 11 is 0. The second-order valence-electron chi connectivity index (χ2n) is 4.92. The summed E-state index contributed by atoms with van der Waals surface area (Å²) in [7, 11) is 1.53. The minimum Gasteiger partial charge on any atom is -0.469 e. The van der Waals surface area contributed by atoms with Gasteiger partial charge in [0.05, 0.1) is 12.5 Å². The summed E-state index contributed by atoms with van der Waals surface area (Å²) in [5.41, 5.74) is -0.117. The summed E-state index contributed by atoms with van der Waals surface area (Å²) in [6.07, 6.45) is 9.25. The Morgan fingerprint density at radius 1 is 1.50 bits per heavy atom. The summed E-state index contributed by atoms with van der Waals surface area (Å²) in [5.74, 6) is 1.79. The lowest BCUT2D eigenvalue weighted by atomic mass is 9.70. The molecule has 0 aromatic carbocycles. The molecule has 14 heavy (non-hydrogen) atoms. The monoisotopic (exact) mass is 192 g/mol. The molecule has 0 heterocycles. The van der Waals surface area contributed by atoms with Crippen LogP contribution in [0.3, 0.4) is 0 Å². The number of esters is 1. The highest BCUT2D eigenvalue weighted by Gasteiger charge is 2.62. The van der Waals surface area contributed by atoms with E-state index in [1.54, 1.807) is 0 Å². The van der Waals surface area contributed by atoms with Gasteiger partial charge in [-0.3, -0.25) is 4.79 Å². The highest BCUT2D eigenvalue weighted by Crippen LogP contribution is 2.64. The number of hydrogen-bond donors (Lipinski definition) is 0. The summed E-state index contributed by atoms with van der Waals surface area (Å²) in [4.78, 5) is 12.0. The van der Waals surface area contributed by atoms with Crippen LogP contribution in [0.1, 0.15) is 25.7 Å². The van der Waals surface area contributed by atoms with E-state index in [0.717, 1.165) is 6.42 Å². The van der Waals surface area contributed by atoms with Crippen molar-refractivity contribution in [1.82, 2.24) is 0 Å². The molecule has 2 fully saturated rings. The number of carbonyl (C=O) groups excluding carboxylic acids is 1. The molecule has 4 unspecified atom stereocenters. The topological polar surface area (TPSA) is 26.3 Å². The van der Waals surface area contributed by atoms with Gasteiger partial charge in [-0.25, -0.2) is 0 Å². The average Bonchev–Trinajstić information content (AvgIpc) is 2.87. The third kappa shape index (κ3) is 0.760. The van der Waals surface area contributed by atoms with E-state index in [1.807, 2.05) is 0 Å². The van der Waals surface area contributed by atoms with Gasteiger partial charge in [0, 0.05) is 0 Å². The molecule has 4 atom stereocenters. The minimum absolute atomic E-state index is 0.0526. The average molecular weight is 192 g/mol. The predicted octanol–water partition coefficient (Wildman–Crippen LogP) is 2.15. The maximum absolute atomic E-state index is 12.0. The number of methoxy groups -OCH3 is 1. The summed E-state index contributed by atoms with van der Waals surface area (Å²) in [6, 6.07) is 0. The van der Waals surface area contributed by atoms with Crippen molar-refractivity contribution in [3.63, 3.8) is 0 Å². The maximum Gasteiger partial charge on any atom is 0.312 e. The third-order valence-electron chi connectivity index (χ3n) is 4.63. The second-order valence-corrected chi connectivity index (χ2v) is 4.92. The first-order valence-electron chi connectivity index (χ1n) is 5.56. The van der Waals surface area contributed by atoms with Crippen molar-refractivity contribution in [1.29, 1.82) is 0 Å². The lowest BCUT2D eigenvalue weighted by Gasteiger charge is -2.33. The first kappa shape index (κ1) is 8.51. The minimum atomic E-state index is -0.117. The zero-order valence-electron chi connectivity index (χ0n) is 8.53. The highest BCUT2D eigenvalue weighted by atomic mass is 16.5. The van der Waals surface area contributed by atoms with E-state index in [0.29, 0.717) is 17.8 Å². The molecule has 0 N–H and O–H groups in total. The zero-order valence-corrected chi connectivity index (χ0v) is 8.53. The van der Waals surface area contributed by atoms with E-state index in [2.05, 4.69) is 12.2 Å². The normalized spacial score (nSPS) is 48.2. The summed E-state index contributed by atoms with van der Waals surface area (Å²) in [6.45, 7) is 0. The maximum atomic E-state index is 12.0. The fourth-order valence-corrected chi connectivity index (χ4v) is 4.12. The van der Waals surface area contributed by atoms with Gasteiger partial charge in [0.2, 0.25) is 0 Å². The third-order valence-corrected chi connectivity index (χ3v) is 4.63. The van der Waals surface area contributed by atoms with Gasteiger partial charge in [-0.1, -0.05) is 18.6 Å². The molecular formula is C12H16O2. The predicted molar refractivity (Wildman–Crippen MR) is 52.5 cm³/mol. The van der Waals surface area contributed by atoms with Crippen molar-refractivity contribution in [3.05, 3.63) is 12.2 Å². The van der Waals surface area contributed by atoms with E-state index >= 15 is 0 Å². The molecule has 2 nitrogen and oxygen atoms in total. The lowest BCUT2D eigenvalue weighted by molar-refractivity contribution is -0.156. The van der Waals surface area contributed by atoms with E-state index in [1.165, 1.54) is 26.4 Å². The summed E-state index contributed by atoms with van der Waals surface area (Å²) in [5, 5.41) is 0. The molecule has 0 radical (unpaired) electrons. The molecular weight excluding hydrogens is 176 g/mol. The van der Waals surface area contributed by atoms with Crippen LogP contribution in [0.25, 0.3) is 0 Å². The Hall–Kier alpha value is -0.790. The number of carbonyl (C=O) groups is 1. The second kappa shape index (κ2) is 2.62. The number of rotatable bonds is 1. The van der Waals surface area contributed by atoms with Crippen LogP contribution in [-0.4, -0.2) is 13.1 Å².